The van der Waals surface area contributed by atoms with Gasteiger partial charge >= 0.3 is 51.4 Å². The molecular weight excluding hydrogens is 235 g/mol. The molecule has 0 aromatic heterocycles. The Balaban J connectivity index is 0. The summed E-state index contributed by atoms with van der Waals surface area (Å²) in [6.07, 6.45) is 4.05. The Hall–Kier alpha value is 1.56. The predicted octanol–water partition coefficient (Wildman–Crippen LogP) is 0.592. The Kier molecular flexibility index (Phi) is 15.4. The summed E-state index contributed by atoms with van der Waals surface area (Å²) in [5.74, 6) is 1.96. The summed E-state index contributed by atoms with van der Waals surface area (Å²) in [5.41, 5.74) is 0. The quantitative estimate of drug-likeness (QED) is 0.539. The average molecular weight is 266 g/mol. The minimum absolute atomic E-state index is 0. The number of hydrogen-bond donors (Lipinski definition) is 0. The van der Waals surface area contributed by atoms with Crippen LogP contribution in [-0.2, 0) is 0 Å². The number of piperidine rings is 1. The van der Waals surface area contributed by atoms with E-state index in [9.17, 15) is 0 Å². The molecule has 0 unspecified atom stereocenters. The maximum atomic E-state index is 4.39. The molecule has 2 rings (SSSR count). The molecule has 2 nitrogen and oxygen atoms in total. The molecule has 0 atom stereocenters. The van der Waals surface area contributed by atoms with Crippen LogP contribution in [0.3, 0.4) is 0 Å². The van der Waals surface area contributed by atoms with Gasteiger partial charge in [-0.3, -0.25) is 0 Å². The van der Waals surface area contributed by atoms with Crippen molar-refractivity contribution in [1.82, 2.24) is 4.90 Å². The fourth-order valence-corrected chi connectivity index (χ4v) is 2.44. The van der Waals surface area contributed by atoms with E-state index in [0.717, 1.165) is 24.9 Å². The van der Waals surface area contributed by atoms with Crippen LogP contribution in [0.4, 0.5) is 0 Å². The minimum atomic E-state index is 0. The van der Waals surface area contributed by atoms with Gasteiger partial charge < -0.3 is 17.6 Å². The van der Waals surface area contributed by atoms with Crippen LogP contribution in [0.5, 0.6) is 0 Å². The first-order valence-corrected chi connectivity index (χ1v) is 6.74. The summed E-state index contributed by atoms with van der Waals surface area (Å²) in [5, 5.41) is 4.39. The van der Waals surface area contributed by atoms with Crippen LogP contribution >= 0.6 is 0 Å². The molecule has 3 heteroatoms. The van der Waals surface area contributed by atoms with Crippen LogP contribution in [0.1, 0.15) is 40.0 Å². The first kappa shape index (κ1) is 20.9. The number of likely N-dealkylation sites (tertiary alicyclic amines) is 1. The second-order valence-corrected chi connectivity index (χ2v) is 4.61. The first-order valence-electron chi connectivity index (χ1n) is 6.74. The van der Waals surface area contributed by atoms with E-state index in [1.165, 1.54) is 38.9 Å². The third-order valence-electron chi connectivity index (χ3n) is 3.52. The molecule has 2 saturated heterocycles. The summed E-state index contributed by atoms with van der Waals surface area (Å²) in [6.45, 7) is 12.6. The van der Waals surface area contributed by atoms with Gasteiger partial charge in [0.1, 0.15) is 0 Å². The van der Waals surface area contributed by atoms with Crippen molar-refractivity contribution >= 4 is 0 Å². The zero-order valence-electron chi connectivity index (χ0n) is 12.7. The number of rotatable bonds is 3. The second-order valence-electron chi connectivity index (χ2n) is 4.61. The molecular formula is C14H30KN2-. The van der Waals surface area contributed by atoms with Gasteiger partial charge in [-0.2, -0.15) is 0 Å². The maximum Gasteiger partial charge on any atom is 1.00 e. The van der Waals surface area contributed by atoms with Crippen LogP contribution in [0.2, 0.25) is 0 Å². The van der Waals surface area contributed by atoms with Crippen LogP contribution < -0.4 is 51.4 Å². The van der Waals surface area contributed by atoms with Gasteiger partial charge in [0.15, 0.2) is 0 Å². The zero-order chi connectivity index (χ0) is 11.1. The summed E-state index contributed by atoms with van der Waals surface area (Å²) in [6, 6.07) is 0. The van der Waals surface area contributed by atoms with Crippen LogP contribution in [-0.4, -0.2) is 37.6 Å². The van der Waals surface area contributed by atoms with Crippen molar-refractivity contribution in [3.05, 3.63) is 12.7 Å². The van der Waals surface area contributed by atoms with Gasteiger partial charge in [0.25, 0.3) is 0 Å². The minimum Gasteiger partial charge on any atom is -0.662 e. The smallest absolute Gasteiger partial charge is 0.662 e. The normalized spacial score (nSPS) is 21.4. The molecule has 0 spiro atoms. The average Bonchev–Trinajstić information content (AvgIpc) is 2.27. The topological polar surface area (TPSA) is 17.3 Å². The Morgan fingerprint density at radius 3 is 2.06 bits per heavy atom. The van der Waals surface area contributed by atoms with Crippen molar-refractivity contribution < 1.29 is 51.4 Å². The van der Waals surface area contributed by atoms with Crippen molar-refractivity contribution in [2.24, 2.45) is 11.8 Å². The Bertz CT molecular complexity index is 152. The third-order valence-corrected chi connectivity index (χ3v) is 3.52. The van der Waals surface area contributed by atoms with E-state index in [-0.39, 0.29) is 58.8 Å². The van der Waals surface area contributed by atoms with E-state index in [4.69, 9.17) is 0 Å². The maximum absolute atomic E-state index is 4.39. The van der Waals surface area contributed by atoms with Crippen LogP contribution in [0.25, 0.3) is 5.32 Å². The van der Waals surface area contributed by atoms with Gasteiger partial charge in [0, 0.05) is 19.6 Å². The van der Waals surface area contributed by atoms with Crippen molar-refractivity contribution in [3.8, 4) is 0 Å². The van der Waals surface area contributed by atoms with Gasteiger partial charge in [0.05, 0.1) is 0 Å². The molecule has 0 aromatic rings. The monoisotopic (exact) mass is 265 g/mol. The summed E-state index contributed by atoms with van der Waals surface area (Å²) in [7, 11) is 0. The molecule has 0 amide bonds. The predicted molar refractivity (Wildman–Crippen MR) is 73.8 cm³/mol. The first-order chi connectivity index (χ1) is 7.38. The van der Waals surface area contributed by atoms with Crippen LogP contribution in [0, 0.1) is 19.3 Å². The van der Waals surface area contributed by atoms with E-state index in [0.29, 0.717) is 0 Å². The van der Waals surface area contributed by atoms with Gasteiger partial charge in [-0.25, -0.2) is 0 Å². The molecule has 17 heavy (non-hydrogen) atoms. The van der Waals surface area contributed by atoms with Crippen molar-refractivity contribution in [2.75, 3.05) is 32.7 Å². The number of nitrogens with zero attached hydrogens (tertiary/aromatic N) is 2. The van der Waals surface area contributed by atoms with Crippen molar-refractivity contribution in [2.45, 2.75) is 40.0 Å². The summed E-state index contributed by atoms with van der Waals surface area (Å²) < 4.78 is 0. The molecule has 2 fully saturated rings. The molecule has 2 heterocycles. The molecule has 98 valence electrons. The van der Waals surface area contributed by atoms with Crippen molar-refractivity contribution in [3.63, 3.8) is 0 Å². The zero-order valence-corrected chi connectivity index (χ0v) is 15.8. The SMILES string of the molecule is CC.CCC1CN(CC2CC[N-]CC2)C1.[CH3-].[K+]. The Morgan fingerprint density at radius 1 is 1.06 bits per heavy atom. The van der Waals surface area contributed by atoms with Gasteiger partial charge in [-0.05, 0) is 11.8 Å². The van der Waals surface area contributed by atoms with E-state index in [1.54, 1.807) is 0 Å². The largest absolute Gasteiger partial charge is 1.00 e. The molecule has 0 aromatic carbocycles. The van der Waals surface area contributed by atoms with Gasteiger partial charge in [-0.15, -0.1) is 13.1 Å². The molecule has 0 bridgehead atoms. The Morgan fingerprint density at radius 2 is 1.59 bits per heavy atom. The van der Waals surface area contributed by atoms with Gasteiger partial charge in [-0.1, -0.05) is 40.0 Å². The number of hydrogen-bond acceptors (Lipinski definition) is 1. The third kappa shape index (κ3) is 7.66. The van der Waals surface area contributed by atoms with Crippen molar-refractivity contribution in [1.29, 1.82) is 0 Å². The Labute approximate surface area is 152 Å². The van der Waals surface area contributed by atoms with E-state index < -0.39 is 0 Å². The molecule has 0 aliphatic carbocycles. The van der Waals surface area contributed by atoms with E-state index in [1.807, 2.05) is 13.8 Å². The molecule has 2 aliphatic heterocycles. The standard InChI is InChI=1S/C11H21N2.C2H6.CH3.K/c1-2-10-7-13(8-10)9-11-3-5-12-6-4-11;1-2;;/h10-11H,2-9H2,1H3;1-2H3;1H3;/q-1;;-1;+1. The molecule has 0 N–H and O–H groups in total. The van der Waals surface area contributed by atoms with Crippen LogP contribution in [0.15, 0.2) is 0 Å². The van der Waals surface area contributed by atoms with E-state index >= 15 is 0 Å². The van der Waals surface area contributed by atoms with Gasteiger partial charge in [0.2, 0.25) is 0 Å². The second kappa shape index (κ2) is 12.6. The summed E-state index contributed by atoms with van der Waals surface area (Å²) >= 11 is 0. The fraction of sp³-hybridized carbons (Fsp3) is 0.929. The molecule has 0 radical (unpaired) electrons. The molecule has 0 saturated carbocycles. The van der Waals surface area contributed by atoms with E-state index in [2.05, 4.69) is 17.1 Å². The molecule has 2 aliphatic rings. The fourth-order valence-electron chi connectivity index (χ4n) is 2.44. The summed E-state index contributed by atoms with van der Waals surface area (Å²) in [4.78, 5) is 2.63.